The minimum Gasteiger partial charge on any atom is -0.328 e. The summed E-state index contributed by atoms with van der Waals surface area (Å²) in [5, 5.41) is 7.65. The van der Waals surface area contributed by atoms with Crippen molar-refractivity contribution in [3.63, 3.8) is 0 Å². The van der Waals surface area contributed by atoms with Crippen LogP contribution in [0.4, 0.5) is 5.95 Å². The number of rotatable bonds is 1. The first-order valence-corrected chi connectivity index (χ1v) is 7.63. The molecule has 0 radical (unpaired) electrons. The maximum absolute atomic E-state index is 12.7. The lowest BCUT2D eigenvalue weighted by Gasteiger charge is -2.34. The fraction of sp³-hybridized carbons (Fsp3) is 0.353. The lowest BCUT2D eigenvalue weighted by Crippen LogP contribution is -2.33. The number of hydrogen-bond acceptors (Lipinski definition) is 4. The van der Waals surface area contributed by atoms with E-state index >= 15 is 0 Å². The molecule has 2 aliphatic rings. The van der Waals surface area contributed by atoms with Crippen LogP contribution in [0.3, 0.4) is 0 Å². The van der Waals surface area contributed by atoms with E-state index in [9.17, 15) is 4.79 Å². The van der Waals surface area contributed by atoms with E-state index in [-0.39, 0.29) is 11.8 Å². The van der Waals surface area contributed by atoms with Gasteiger partial charge in [0.2, 0.25) is 5.95 Å². The number of benzene rings is 1. The fourth-order valence-corrected chi connectivity index (χ4v) is 3.50. The molecule has 2 atom stereocenters. The minimum absolute atomic E-state index is 0.173. The SMILES string of the molecule is Cc1cccc([C@@H]2C3=C(C[C@H](C)CC3=O)Nc3ncnn32)c1. The molecule has 2 heterocycles. The van der Waals surface area contributed by atoms with Crippen molar-refractivity contribution in [3.05, 3.63) is 53.0 Å². The number of carbonyl (C=O) groups excluding carboxylic acids is 1. The van der Waals surface area contributed by atoms with E-state index < -0.39 is 0 Å². The van der Waals surface area contributed by atoms with Crippen LogP contribution in [0.15, 0.2) is 41.9 Å². The molecule has 5 nitrogen and oxygen atoms in total. The molecule has 1 N–H and O–H groups in total. The number of nitrogens with zero attached hydrogens (tertiary/aromatic N) is 3. The Bertz CT molecular complexity index is 789. The molecule has 5 heteroatoms. The van der Waals surface area contributed by atoms with Crippen LogP contribution in [0.2, 0.25) is 0 Å². The number of aryl methyl sites for hydroxylation is 1. The zero-order valence-corrected chi connectivity index (χ0v) is 12.7. The standard InChI is InChI=1S/C17H18N4O/c1-10-4-3-5-12(6-10)16-15-13(7-11(2)8-14(15)22)20-17-18-9-19-21(16)17/h3-6,9,11,16H,7-8H2,1-2H3,(H,18,19,20)/t11-,16+/m0/s1. The van der Waals surface area contributed by atoms with Gasteiger partial charge >= 0.3 is 0 Å². The van der Waals surface area contributed by atoms with Gasteiger partial charge in [0.15, 0.2) is 5.78 Å². The molecule has 22 heavy (non-hydrogen) atoms. The van der Waals surface area contributed by atoms with Crippen LogP contribution in [0.25, 0.3) is 0 Å². The topological polar surface area (TPSA) is 59.8 Å². The largest absolute Gasteiger partial charge is 0.328 e. The van der Waals surface area contributed by atoms with E-state index in [2.05, 4.69) is 47.4 Å². The number of hydrogen-bond donors (Lipinski definition) is 1. The predicted molar refractivity (Wildman–Crippen MR) is 83.4 cm³/mol. The molecule has 0 saturated heterocycles. The lowest BCUT2D eigenvalue weighted by atomic mass is 9.81. The third-order valence-electron chi connectivity index (χ3n) is 4.42. The fourth-order valence-electron chi connectivity index (χ4n) is 3.50. The zero-order valence-electron chi connectivity index (χ0n) is 12.7. The minimum atomic E-state index is -0.173. The van der Waals surface area contributed by atoms with E-state index in [0.717, 1.165) is 23.3 Å². The summed E-state index contributed by atoms with van der Waals surface area (Å²) < 4.78 is 1.82. The Balaban J connectivity index is 1.92. The molecule has 4 rings (SSSR count). The van der Waals surface area contributed by atoms with Crippen molar-refractivity contribution in [2.24, 2.45) is 5.92 Å². The molecule has 1 aromatic heterocycles. The Morgan fingerprint density at radius 1 is 1.32 bits per heavy atom. The maximum atomic E-state index is 12.7. The molecule has 0 spiro atoms. The summed E-state index contributed by atoms with van der Waals surface area (Å²) in [6.07, 6.45) is 3.03. The van der Waals surface area contributed by atoms with Gasteiger partial charge in [0.1, 0.15) is 12.4 Å². The van der Waals surface area contributed by atoms with E-state index in [4.69, 9.17) is 0 Å². The molecule has 1 aromatic carbocycles. The lowest BCUT2D eigenvalue weighted by molar-refractivity contribution is -0.117. The molecule has 112 valence electrons. The molecule has 1 aliphatic heterocycles. The van der Waals surface area contributed by atoms with Crippen molar-refractivity contribution in [3.8, 4) is 0 Å². The highest BCUT2D eigenvalue weighted by Crippen LogP contribution is 2.40. The van der Waals surface area contributed by atoms with Gasteiger partial charge in [-0.05, 0) is 24.8 Å². The van der Waals surface area contributed by atoms with Crippen molar-refractivity contribution in [2.75, 3.05) is 5.32 Å². The highest BCUT2D eigenvalue weighted by molar-refractivity contribution is 5.99. The monoisotopic (exact) mass is 294 g/mol. The Morgan fingerprint density at radius 2 is 2.18 bits per heavy atom. The van der Waals surface area contributed by atoms with Gasteiger partial charge in [0.25, 0.3) is 0 Å². The van der Waals surface area contributed by atoms with E-state index in [1.54, 1.807) is 0 Å². The van der Waals surface area contributed by atoms with E-state index in [1.807, 2.05) is 10.7 Å². The highest BCUT2D eigenvalue weighted by atomic mass is 16.1. The normalized spacial score (nSPS) is 23.8. The van der Waals surface area contributed by atoms with Crippen LogP contribution >= 0.6 is 0 Å². The number of aromatic nitrogens is 3. The van der Waals surface area contributed by atoms with Gasteiger partial charge in [-0.3, -0.25) is 4.79 Å². The summed E-state index contributed by atoms with van der Waals surface area (Å²) in [7, 11) is 0. The summed E-state index contributed by atoms with van der Waals surface area (Å²) in [6, 6.07) is 8.10. The van der Waals surface area contributed by atoms with Gasteiger partial charge in [0.05, 0.1) is 0 Å². The Hall–Kier alpha value is -2.43. The van der Waals surface area contributed by atoms with Crippen LogP contribution in [0.1, 0.15) is 36.9 Å². The van der Waals surface area contributed by atoms with Gasteiger partial charge in [-0.1, -0.05) is 36.8 Å². The van der Waals surface area contributed by atoms with Crippen LogP contribution < -0.4 is 5.32 Å². The van der Waals surface area contributed by atoms with Crippen molar-refractivity contribution in [1.82, 2.24) is 14.8 Å². The summed E-state index contributed by atoms with van der Waals surface area (Å²) in [6.45, 7) is 4.18. The average Bonchev–Trinajstić information content (AvgIpc) is 2.92. The number of allylic oxidation sites excluding steroid dienone is 2. The summed E-state index contributed by atoms with van der Waals surface area (Å²) in [5.41, 5.74) is 4.12. The third kappa shape index (κ3) is 1.96. The predicted octanol–water partition coefficient (Wildman–Crippen LogP) is 2.85. The number of ketones is 1. The summed E-state index contributed by atoms with van der Waals surface area (Å²) in [4.78, 5) is 17.0. The molecule has 0 saturated carbocycles. The van der Waals surface area contributed by atoms with Crippen molar-refractivity contribution in [2.45, 2.75) is 32.7 Å². The number of nitrogens with one attached hydrogen (secondary N) is 1. The van der Waals surface area contributed by atoms with Crippen molar-refractivity contribution >= 4 is 11.7 Å². The second-order valence-electron chi connectivity index (χ2n) is 6.30. The second-order valence-corrected chi connectivity index (χ2v) is 6.30. The van der Waals surface area contributed by atoms with Crippen LogP contribution in [0, 0.1) is 12.8 Å². The van der Waals surface area contributed by atoms with Crippen molar-refractivity contribution < 1.29 is 4.79 Å². The second kappa shape index (κ2) is 4.80. The maximum Gasteiger partial charge on any atom is 0.226 e. The van der Waals surface area contributed by atoms with Gasteiger partial charge in [-0.2, -0.15) is 10.1 Å². The van der Waals surface area contributed by atoms with Crippen molar-refractivity contribution in [1.29, 1.82) is 0 Å². The van der Waals surface area contributed by atoms with Gasteiger partial charge in [0, 0.05) is 17.7 Å². The molecular formula is C17H18N4O. The first-order chi connectivity index (χ1) is 10.6. The number of anilines is 1. The molecule has 2 aromatic rings. The molecule has 0 fully saturated rings. The molecule has 0 unspecified atom stereocenters. The van der Waals surface area contributed by atoms with Gasteiger partial charge in [-0.25, -0.2) is 4.68 Å². The smallest absolute Gasteiger partial charge is 0.226 e. The van der Waals surface area contributed by atoms with Crippen LogP contribution in [0.5, 0.6) is 0 Å². The first kappa shape index (κ1) is 13.2. The zero-order chi connectivity index (χ0) is 15.3. The van der Waals surface area contributed by atoms with Gasteiger partial charge < -0.3 is 5.32 Å². The average molecular weight is 294 g/mol. The number of carbonyl (C=O) groups is 1. The molecule has 0 bridgehead atoms. The Kier molecular flexibility index (Phi) is 2.89. The summed E-state index contributed by atoms with van der Waals surface area (Å²) in [5.74, 6) is 1.30. The van der Waals surface area contributed by atoms with E-state index in [0.29, 0.717) is 18.3 Å². The molecular weight excluding hydrogens is 276 g/mol. The van der Waals surface area contributed by atoms with E-state index in [1.165, 1.54) is 11.9 Å². The number of Topliss-reactive ketones (excluding diaryl/α,β-unsaturated/α-hetero) is 1. The Morgan fingerprint density at radius 3 is 3.00 bits per heavy atom. The van der Waals surface area contributed by atoms with Crippen LogP contribution in [-0.4, -0.2) is 20.5 Å². The van der Waals surface area contributed by atoms with Crippen LogP contribution in [-0.2, 0) is 4.79 Å². The van der Waals surface area contributed by atoms with Gasteiger partial charge in [-0.15, -0.1) is 0 Å². The number of fused-ring (bicyclic) bond motifs is 1. The molecule has 1 aliphatic carbocycles. The highest BCUT2D eigenvalue weighted by Gasteiger charge is 2.37. The molecule has 0 amide bonds. The Labute approximate surface area is 129 Å². The third-order valence-corrected chi connectivity index (χ3v) is 4.42. The quantitative estimate of drug-likeness (QED) is 0.878. The first-order valence-electron chi connectivity index (χ1n) is 7.63. The summed E-state index contributed by atoms with van der Waals surface area (Å²) >= 11 is 0.